The van der Waals surface area contributed by atoms with Gasteiger partial charge in [0, 0.05) is 10.6 Å². The number of thioether (sulfide) groups is 1. The minimum Gasteiger partial charge on any atom is -0.492 e. The number of allylic oxidation sites excluding steroid dienone is 2. The third-order valence-electron chi connectivity index (χ3n) is 2.79. The number of hydrogen-bond acceptors (Lipinski definition) is 3. The lowest BCUT2D eigenvalue weighted by atomic mass is 10.3. The van der Waals surface area contributed by atoms with Crippen LogP contribution in [0.5, 0.6) is 5.75 Å². The van der Waals surface area contributed by atoms with Crippen LogP contribution < -0.4 is 4.74 Å². The summed E-state index contributed by atoms with van der Waals surface area (Å²) in [5, 5.41) is 0. The Morgan fingerprint density at radius 3 is 2.62 bits per heavy atom. The van der Waals surface area contributed by atoms with Crippen molar-refractivity contribution < 1.29 is 4.74 Å². The van der Waals surface area contributed by atoms with Crippen molar-refractivity contribution in [3.63, 3.8) is 0 Å². The van der Waals surface area contributed by atoms with Crippen molar-refractivity contribution in [2.24, 2.45) is 0 Å². The summed E-state index contributed by atoms with van der Waals surface area (Å²) in [6, 6.07) is 9.98. The molecule has 1 aromatic carbocycles. The fraction of sp³-hybridized carbons (Fsp3) is 0.385. The molecule has 0 atom stereocenters. The number of nitrogens with zero attached hydrogens (tertiary/aromatic N) is 1. The molecule has 2 rings (SSSR count). The molecule has 0 bridgehead atoms. The number of para-hydroxylation sites is 1. The average Bonchev–Trinajstić information content (AvgIpc) is 2.62. The number of rotatable bonds is 4. The van der Waals surface area contributed by atoms with Gasteiger partial charge in [0.25, 0.3) is 0 Å². The van der Waals surface area contributed by atoms with Crippen molar-refractivity contribution >= 4 is 11.8 Å². The smallest absolute Gasteiger partial charge is 0.119 e. The minimum atomic E-state index is 0.745. The first kappa shape index (κ1) is 11.4. The van der Waals surface area contributed by atoms with Crippen molar-refractivity contribution in [2.45, 2.75) is 13.8 Å². The van der Waals surface area contributed by atoms with Gasteiger partial charge in [-0.1, -0.05) is 18.2 Å². The van der Waals surface area contributed by atoms with E-state index in [9.17, 15) is 0 Å². The van der Waals surface area contributed by atoms with Gasteiger partial charge in [-0.25, -0.2) is 0 Å². The summed E-state index contributed by atoms with van der Waals surface area (Å²) in [5.41, 5.74) is 1.39. The van der Waals surface area contributed by atoms with E-state index in [1.54, 1.807) is 0 Å². The fourth-order valence-electron chi connectivity index (χ4n) is 1.62. The Hall–Kier alpha value is -1.09. The summed E-state index contributed by atoms with van der Waals surface area (Å²) < 4.78 is 5.68. The van der Waals surface area contributed by atoms with E-state index in [-0.39, 0.29) is 0 Å². The first-order valence-corrected chi connectivity index (χ1v) is 6.49. The Kier molecular flexibility index (Phi) is 3.78. The first-order valence-electron chi connectivity index (χ1n) is 5.50. The fourth-order valence-corrected chi connectivity index (χ4v) is 2.63. The van der Waals surface area contributed by atoms with Crippen LogP contribution >= 0.6 is 11.8 Å². The molecule has 2 nitrogen and oxygen atoms in total. The molecule has 0 fully saturated rings. The zero-order valence-corrected chi connectivity index (χ0v) is 10.6. The van der Waals surface area contributed by atoms with Crippen molar-refractivity contribution in [1.29, 1.82) is 0 Å². The molecule has 0 aromatic heterocycles. The predicted molar refractivity (Wildman–Crippen MR) is 69.5 cm³/mol. The Balaban J connectivity index is 1.77. The van der Waals surface area contributed by atoms with Gasteiger partial charge in [0.2, 0.25) is 0 Å². The van der Waals surface area contributed by atoms with E-state index in [1.165, 1.54) is 10.6 Å². The molecule has 1 aliphatic heterocycles. The molecule has 0 saturated heterocycles. The number of ether oxygens (including phenoxy) is 1. The topological polar surface area (TPSA) is 12.5 Å². The van der Waals surface area contributed by atoms with Gasteiger partial charge in [-0.15, -0.1) is 11.8 Å². The van der Waals surface area contributed by atoms with Crippen LogP contribution in [-0.2, 0) is 0 Å². The van der Waals surface area contributed by atoms with Crippen molar-refractivity contribution in [3.8, 4) is 5.75 Å². The molecule has 0 amide bonds. The molecule has 3 heteroatoms. The molecule has 1 aromatic rings. The molecular formula is C13H17NOS. The van der Waals surface area contributed by atoms with Crippen LogP contribution in [0.15, 0.2) is 40.9 Å². The van der Waals surface area contributed by atoms with E-state index < -0.39 is 0 Å². The summed E-state index contributed by atoms with van der Waals surface area (Å²) in [6.07, 6.45) is 0. The Morgan fingerprint density at radius 2 is 2.00 bits per heavy atom. The third kappa shape index (κ3) is 2.73. The highest BCUT2D eigenvalue weighted by atomic mass is 32.2. The quantitative estimate of drug-likeness (QED) is 0.794. The molecule has 16 heavy (non-hydrogen) atoms. The highest BCUT2D eigenvalue weighted by Gasteiger charge is 2.15. The van der Waals surface area contributed by atoms with Gasteiger partial charge in [-0.2, -0.15) is 0 Å². The standard InChI is InChI=1S/C13H17NOS/c1-11-12(2)16-10-14(11)8-9-15-13-6-4-3-5-7-13/h3-7H,8-10H2,1-2H3. The molecule has 0 unspecified atom stereocenters. The maximum Gasteiger partial charge on any atom is 0.119 e. The van der Waals surface area contributed by atoms with Gasteiger partial charge >= 0.3 is 0 Å². The van der Waals surface area contributed by atoms with Gasteiger partial charge in [-0.3, -0.25) is 0 Å². The molecule has 1 aliphatic rings. The second-order valence-electron chi connectivity index (χ2n) is 3.84. The normalized spacial score (nSPS) is 15.8. The van der Waals surface area contributed by atoms with Gasteiger partial charge in [0.1, 0.15) is 12.4 Å². The summed E-state index contributed by atoms with van der Waals surface area (Å²) >= 11 is 1.91. The lowest BCUT2D eigenvalue weighted by Gasteiger charge is -2.19. The van der Waals surface area contributed by atoms with E-state index in [4.69, 9.17) is 4.74 Å². The highest BCUT2D eigenvalue weighted by molar-refractivity contribution is 8.03. The second kappa shape index (κ2) is 5.30. The monoisotopic (exact) mass is 235 g/mol. The summed E-state index contributed by atoms with van der Waals surface area (Å²) in [7, 11) is 0. The Bertz CT molecular complexity index is 375. The maximum absolute atomic E-state index is 5.68. The van der Waals surface area contributed by atoms with Crippen LogP contribution in [0, 0.1) is 0 Å². The van der Waals surface area contributed by atoms with Gasteiger partial charge in [0.05, 0.1) is 12.4 Å². The van der Waals surface area contributed by atoms with E-state index in [2.05, 4.69) is 18.7 Å². The van der Waals surface area contributed by atoms with Crippen molar-refractivity contribution in [3.05, 3.63) is 40.9 Å². The summed E-state index contributed by atoms with van der Waals surface area (Å²) in [6.45, 7) is 6.07. The predicted octanol–water partition coefficient (Wildman–Crippen LogP) is 3.32. The van der Waals surface area contributed by atoms with Crippen molar-refractivity contribution in [2.75, 3.05) is 19.0 Å². The van der Waals surface area contributed by atoms with Crippen LogP contribution in [0.1, 0.15) is 13.8 Å². The van der Waals surface area contributed by atoms with E-state index in [0.717, 1.165) is 24.8 Å². The van der Waals surface area contributed by atoms with Crippen LogP contribution in [0.25, 0.3) is 0 Å². The SMILES string of the molecule is CC1=C(C)N(CCOc2ccccc2)CS1. The van der Waals surface area contributed by atoms with Gasteiger partial charge in [-0.05, 0) is 26.0 Å². The average molecular weight is 235 g/mol. The molecule has 0 aliphatic carbocycles. The largest absolute Gasteiger partial charge is 0.492 e. The van der Waals surface area contributed by atoms with Crippen molar-refractivity contribution in [1.82, 2.24) is 4.90 Å². The molecule has 0 N–H and O–H groups in total. The number of benzene rings is 1. The molecule has 1 heterocycles. The summed E-state index contributed by atoms with van der Waals surface area (Å²) in [4.78, 5) is 3.79. The van der Waals surface area contributed by atoms with E-state index in [1.807, 2.05) is 42.1 Å². The van der Waals surface area contributed by atoms with Crippen LogP contribution in [0.4, 0.5) is 0 Å². The molecule has 86 valence electrons. The zero-order valence-electron chi connectivity index (χ0n) is 9.77. The zero-order chi connectivity index (χ0) is 11.4. The van der Waals surface area contributed by atoms with E-state index >= 15 is 0 Å². The first-order chi connectivity index (χ1) is 7.77. The van der Waals surface area contributed by atoms with Gasteiger partial charge < -0.3 is 9.64 Å². The maximum atomic E-state index is 5.68. The second-order valence-corrected chi connectivity index (χ2v) is 5.00. The van der Waals surface area contributed by atoms with Crippen LogP contribution in [-0.4, -0.2) is 23.9 Å². The van der Waals surface area contributed by atoms with Crippen LogP contribution in [0.3, 0.4) is 0 Å². The Morgan fingerprint density at radius 1 is 1.25 bits per heavy atom. The number of hydrogen-bond donors (Lipinski definition) is 0. The molecular weight excluding hydrogens is 218 g/mol. The Labute approximate surface area is 101 Å². The van der Waals surface area contributed by atoms with E-state index in [0.29, 0.717) is 0 Å². The molecule has 0 radical (unpaired) electrons. The molecule has 0 saturated carbocycles. The van der Waals surface area contributed by atoms with Crippen LogP contribution in [0.2, 0.25) is 0 Å². The lowest BCUT2D eigenvalue weighted by molar-refractivity contribution is 0.262. The minimum absolute atomic E-state index is 0.745. The molecule has 0 spiro atoms. The summed E-state index contributed by atoms with van der Waals surface area (Å²) in [5.74, 6) is 2.02. The van der Waals surface area contributed by atoms with Gasteiger partial charge in [0.15, 0.2) is 0 Å². The third-order valence-corrected chi connectivity index (χ3v) is 3.96. The lowest BCUT2D eigenvalue weighted by Crippen LogP contribution is -2.23. The highest BCUT2D eigenvalue weighted by Crippen LogP contribution is 2.30.